The first-order valence-corrected chi connectivity index (χ1v) is 8.68. The zero-order valence-electron chi connectivity index (χ0n) is 14.7. The zero-order chi connectivity index (χ0) is 18.1. The van der Waals surface area contributed by atoms with Crippen LogP contribution >= 0.6 is 0 Å². The van der Waals surface area contributed by atoms with Crippen LogP contribution in [0.4, 0.5) is 0 Å². The molecule has 0 aliphatic rings. The van der Waals surface area contributed by atoms with Gasteiger partial charge in [-0.1, -0.05) is 56.2 Å². The lowest BCUT2D eigenvalue weighted by molar-refractivity contribution is -0.143. The molecule has 0 spiro atoms. The van der Waals surface area contributed by atoms with Gasteiger partial charge in [-0.25, -0.2) is 9.59 Å². The molecule has 0 aromatic heterocycles. The number of hydrogen-bond donors (Lipinski definition) is 0. The number of carbonyl (C=O) groups excluding carboxylic acids is 2. The predicted octanol–water partition coefficient (Wildman–Crippen LogP) is 4.81. The van der Waals surface area contributed by atoms with Gasteiger partial charge in [-0.15, -0.1) is 0 Å². The second-order valence-corrected chi connectivity index (χ2v) is 5.98. The molecule has 132 valence electrons. The van der Waals surface area contributed by atoms with E-state index in [1.807, 2.05) is 43.3 Å². The smallest absolute Gasteiger partial charge is 0.336 e. The lowest BCUT2D eigenvalue weighted by Gasteiger charge is -2.11. The molecule has 0 saturated carbocycles. The Labute approximate surface area is 148 Å². The minimum absolute atomic E-state index is 0.155. The van der Waals surface area contributed by atoms with Crippen LogP contribution in [0.3, 0.4) is 0 Å². The summed E-state index contributed by atoms with van der Waals surface area (Å²) in [6.45, 7) is 3.98. The van der Waals surface area contributed by atoms with Crippen LogP contribution < -0.4 is 4.74 Å². The molecule has 0 saturated heterocycles. The molecule has 0 heterocycles. The summed E-state index contributed by atoms with van der Waals surface area (Å²) in [7, 11) is 0. The lowest BCUT2D eigenvalue weighted by atomic mass is 10.1. The Kier molecular flexibility index (Phi) is 7.20. The van der Waals surface area contributed by atoms with Gasteiger partial charge in [-0.2, -0.15) is 0 Å². The van der Waals surface area contributed by atoms with E-state index in [2.05, 4.69) is 6.92 Å². The molecular formula is C21H24O4. The minimum atomic E-state index is -0.605. The average molecular weight is 340 g/mol. The van der Waals surface area contributed by atoms with Gasteiger partial charge in [0, 0.05) is 17.5 Å². The van der Waals surface area contributed by atoms with Crippen LogP contribution in [0.1, 0.15) is 39.5 Å². The van der Waals surface area contributed by atoms with Gasteiger partial charge in [0.15, 0.2) is 0 Å². The first kappa shape index (κ1) is 18.7. The van der Waals surface area contributed by atoms with Crippen molar-refractivity contribution in [3.8, 4) is 5.75 Å². The summed E-state index contributed by atoms with van der Waals surface area (Å²) < 4.78 is 10.6. The largest absolute Gasteiger partial charge is 0.460 e. The summed E-state index contributed by atoms with van der Waals surface area (Å²) in [5, 5.41) is 1.83. The van der Waals surface area contributed by atoms with Gasteiger partial charge in [0.05, 0.1) is 6.10 Å². The number of fused-ring (bicyclic) bond motifs is 1. The van der Waals surface area contributed by atoms with E-state index >= 15 is 0 Å². The first-order chi connectivity index (χ1) is 12.1. The van der Waals surface area contributed by atoms with Gasteiger partial charge in [0.1, 0.15) is 5.75 Å². The summed E-state index contributed by atoms with van der Waals surface area (Å²) in [4.78, 5) is 23.7. The Morgan fingerprint density at radius 1 is 1.00 bits per heavy atom. The highest BCUT2D eigenvalue weighted by atomic mass is 16.5. The second-order valence-electron chi connectivity index (χ2n) is 5.98. The highest BCUT2D eigenvalue weighted by molar-refractivity contribution is 5.95. The highest BCUT2D eigenvalue weighted by Gasteiger charge is 2.09. The molecule has 1 atom stereocenters. The van der Waals surface area contributed by atoms with E-state index < -0.39 is 11.9 Å². The van der Waals surface area contributed by atoms with Gasteiger partial charge in [0.25, 0.3) is 0 Å². The molecule has 1 unspecified atom stereocenters. The van der Waals surface area contributed by atoms with E-state index in [0.717, 1.165) is 48.6 Å². The third-order valence-electron chi connectivity index (χ3n) is 3.85. The van der Waals surface area contributed by atoms with Gasteiger partial charge in [-0.05, 0) is 31.2 Å². The average Bonchev–Trinajstić information content (AvgIpc) is 2.60. The van der Waals surface area contributed by atoms with Crippen molar-refractivity contribution in [3.05, 3.63) is 54.6 Å². The van der Waals surface area contributed by atoms with E-state index in [1.54, 1.807) is 6.07 Å². The van der Waals surface area contributed by atoms with Crippen molar-refractivity contribution in [2.75, 3.05) is 0 Å². The van der Waals surface area contributed by atoms with Crippen LogP contribution in [-0.4, -0.2) is 18.0 Å². The molecule has 0 amide bonds. The van der Waals surface area contributed by atoms with Crippen molar-refractivity contribution in [1.29, 1.82) is 0 Å². The van der Waals surface area contributed by atoms with Crippen LogP contribution in [-0.2, 0) is 14.3 Å². The topological polar surface area (TPSA) is 52.6 Å². The van der Waals surface area contributed by atoms with Crippen LogP contribution in [0.15, 0.2) is 54.6 Å². The number of benzene rings is 2. The van der Waals surface area contributed by atoms with Crippen LogP contribution in [0, 0.1) is 0 Å². The van der Waals surface area contributed by atoms with Crippen molar-refractivity contribution < 1.29 is 19.1 Å². The van der Waals surface area contributed by atoms with Crippen LogP contribution in [0.2, 0.25) is 0 Å². The molecule has 25 heavy (non-hydrogen) atoms. The predicted molar refractivity (Wildman–Crippen MR) is 98.4 cm³/mol. The summed E-state index contributed by atoms with van der Waals surface area (Å²) in [6.07, 6.45) is 6.16. The summed E-state index contributed by atoms with van der Waals surface area (Å²) >= 11 is 0. The molecule has 0 radical (unpaired) electrons. The Morgan fingerprint density at radius 3 is 2.52 bits per heavy atom. The van der Waals surface area contributed by atoms with Gasteiger partial charge < -0.3 is 9.47 Å². The summed E-state index contributed by atoms with van der Waals surface area (Å²) in [6, 6.07) is 13.1. The SMILES string of the molecule is CCCCCC(C)OC(=O)/C=C/C(=O)Oc1cccc2ccccc12. The molecule has 4 heteroatoms. The lowest BCUT2D eigenvalue weighted by Crippen LogP contribution is -2.13. The quantitative estimate of drug-likeness (QED) is 0.299. The molecule has 0 fully saturated rings. The number of ether oxygens (including phenoxy) is 2. The fourth-order valence-corrected chi connectivity index (χ4v) is 2.54. The standard InChI is InChI=1S/C21H24O4/c1-3-4-5-9-16(2)24-20(22)14-15-21(23)25-19-13-8-11-17-10-6-7-12-18(17)19/h6-8,10-16H,3-5,9H2,1-2H3/b15-14+. The van der Waals surface area contributed by atoms with Crippen molar-refractivity contribution >= 4 is 22.7 Å². The molecular weight excluding hydrogens is 316 g/mol. The Bertz CT molecular complexity index is 743. The Balaban J connectivity index is 1.88. The van der Waals surface area contributed by atoms with E-state index in [1.165, 1.54) is 0 Å². The van der Waals surface area contributed by atoms with Crippen molar-refractivity contribution in [2.24, 2.45) is 0 Å². The molecule has 2 aromatic rings. The van der Waals surface area contributed by atoms with Gasteiger partial charge >= 0.3 is 11.9 Å². The number of unbranched alkanes of at least 4 members (excludes halogenated alkanes) is 2. The van der Waals surface area contributed by atoms with Crippen LogP contribution in [0.25, 0.3) is 10.8 Å². The molecule has 0 aliphatic heterocycles. The van der Waals surface area contributed by atoms with Gasteiger partial charge in [0.2, 0.25) is 0 Å². The van der Waals surface area contributed by atoms with Gasteiger partial charge in [-0.3, -0.25) is 0 Å². The maximum Gasteiger partial charge on any atom is 0.336 e. The second kappa shape index (κ2) is 9.62. The number of rotatable bonds is 8. The van der Waals surface area contributed by atoms with E-state index in [9.17, 15) is 9.59 Å². The molecule has 0 bridgehead atoms. The summed E-state index contributed by atoms with van der Waals surface area (Å²) in [5.41, 5.74) is 0. The van der Waals surface area contributed by atoms with Crippen molar-refractivity contribution in [1.82, 2.24) is 0 Å². The molecule has 4 nitrogen and oxygen atoms in total. The molecule has 2 aromatic carbocycles. The Morgan fingerprint density at radius 2 is 1.72 bits per heavy atom. The Hall–Kier alpha value is -2.62. The maximum absolute atomic E-state index is 11.9. The number of hydrogen-bond acceptors (Lipinski definition) is 4. The third-order valence-corrected chi connectivity index (χ3v) is 3.85. The van der Waals surface area contributed by atoms with Crippen molar-refractivity contribution in [3.63, 3.8) is 0 Å². The zero-order valence-corrected chi connectivity index (χ0v) is 14.7. The molecule has 2 rings (SSSR count). The maximum atomic E-state index is 11.9. The normalized spacial score (nSPS) is 12.2. The molecule has 0 N–H and O–H groups in total. The minimum Gasteiger partial charge on any atom is -0.460 e. The molecule has 0 aliphatic carbocycles. The van der Waals surface area contributed by atoms with Crippen molar-refractivity contribution in [2.45, 2.75) is 45.6 Å². The number of carbonyl (C=O) groups is 2. The monoisotopic (exact) mass is 340 g/mol. The first-order valence-electron chi connectivity index (χ1n) is 8.68. The number of esters is 2. The van der Waals surface area contributed by atoms with E-state index in [4.69, 9.17) is 9.47 Å². The van der Waals surface area contributed by atoms with Crippen LogP contribution in [0.5, 0.6) is 5.75 Å². The fourth-order valence-electron chi connectivity index (χ4n) is 2.54. The fraction of sp³-hybridized carbons (Fsp3) is 0.333. The van der Waals surface area contributed by atoms with E-state index in [0.29, 0.717) is 5.75 Å². The highest BCUT2D eigenvalue weighted by Crippen LogP contribution is 2.25. The van der Waals surface area contributed by atoms with E-state index in [-0.39, 0.29) is 6.10 Å². The third kappa shape index (κ3) is 6.07. The summed E-state index contributed by atoms with van der Waals surface area (Å²) in [5.74, 6) is -0.667.